The number of benzene rings is 7. The Hall–Kier alpha value is -5.17. The lowest BCUT2D eigenvalue weighted by Gasteiger charge is -2.17. The molecule has 0 aliphatic heterocycles. The summed E-state index contributed by atoms with van der Waals surface area (Å²) in [6.07, 6.45) is 0. The Kier molecular flexibility index (Phi) is 7.44. The van der Waals surface area contributed by atoms with Gasteiger partial charge in [-0.15, -0.1) is 0 Å². The average molecular weight is 569 g/mol. The molecule has 7 aromatic carbocycles. The van der Waals surface area contributed by atoms with Gasteiger partial charge in [0, 0.05) is 10.6 Å². The van der Waals surface area contributed by atoms with Crippen molar-refractivity contribution in [2.45, 2.75) is 0 Å². The van der Waals surface area contributed by atoms with Crippen LogP contribution in [0.3, 0.4) is 0 Å². The summed E-state index contributed by atoms with van der Waals surface area (Å²) in [5.74, 6) is 0. The van der Waals surface area contributed by atoms with E-state index in [-0.39, 0.29) is 0 Å². The van der Waals surface area contributed by atoms with E-state index in [1.54, 1.807) is 0 Å². The summed E-state index contributed by atoms with van der Waals surface area (Å²) >= 11 is 7.12. The molecule has 0 bridgehead atoms. The second kappa shape index (κ2) is 12.0. The van der Waals surface area contributed by atoms with E-state index in [1.807, 2.05) is 6.07 Å². The summed E-state index contributed by atoms with van der Waals surface area (Å²) in [4.78, 5) is 0. The second-order valence-corrected chi connectivity index (χ2v) is 11.1. The van der Waals surface area contributed by atoms with Crippen LogP contribution in [0, 0.1) is 0 Å². The molecule has 0 aliphatic rings. The van der Waals surface area contributed by atoms with Gasteiger partial charge in [0.05, 0.1) is 0 Å². The third kappa shape index (κ3) is 5.66. The molecule has 0 unspecified atom stereocenters. The molecule has 0 spiro atoms. The van der Waals surface area contributed by atoms with Crippen molar-refractivity contribution in [3.63, 3.8) is 0 Å². The minimum atomic E-state index is 0.730. The van der Waals surface area contributed by atoms with E-state index in [0.29, 0.717) is 0 Å². The molecule has 0 saturated carbocycles. The highest BCUT2D eigenvalue weighted by Crippen LogP contribution is 2.43. The second-order valence-electron chi connectivity index (χ2n) is 10.7. The number of hydrogen-bond acceptors (Lipinski definition) is 0. The maximum Gasteiger partial charge on any atom is 0.0490 e. The van der Waals surface area contributed by atoms with Gasteiger partial charge in [-0.2, -0.15) is 0 Å². The van der Waals surface area contributed by atoms with Crippen molar-refractivity contribution in [3.05, 3.63) is 181 Å². The van der Waals surface area contributed by atoms with Crippen molar-refractivity contribution in [3.8, 4) is 66.8 Å². The third-order valence-electron chi connectivity index (χ3n) is 7.91. The predicted octanol–water partition coefficient (Wildman–Crippen LogP) is 12.3. The Labute approximate surface area is 258 Å². The summed E-state index contributed by atoms with van der Waals surface area (Å²) in [6.45, 7) is 0. The lowest BCUT2D eigenvalue weighted by Crippen LogP contribution is -1.92. The highest BCUT2D eigenvalue weighted by molar-refractivity contribution is 6.34. The van der Waals surface area contributed by atoms with Crippen LogP contribution in [0.5, 0.6) is 0 Å². The largest absolute Gasteiger partial charge is 0.0836 e. The first-order valence-corrected chi connectivity index (χ1v) is 14.9. The first-order chi connectivity index (χ1) is 21.2. The molecule has 0 atom stereocenters. The minimum Gasteiger partial charge on any atom is -0.0836 e. The standard InChI is InChI=1S/C42H29Cl/c43-41-23-13-22-40(38-26-34(30-14-5-1-6-15-30)24-35(27-38)31-16-7-2-8-17-31)42(41)39-28-36(32-18-9-3-10-19-32)25-37(29-39)33-20-11-4-12-21-33/h1-29H. The molecule has 204 valence electrons. The zero-order valence-corrected chi connectivity index (χ0v) is 24.4. The van der Waals surface area contributed by atoms with Crippen LogP contribution in [-0.4, -0.2) is 0 Å². The van der Waals surface area contributed by atoms with Crippen molar-refractivity contribution in [2.75, 3.05) is 0 Å². The van der Waals surface area contributed by atoms with Crippen LogP contribution in [0.15, 0.2) is 176 Å². The number of rotatable bonds is 6. The molecule has 0 aromatic heterocycles. The minimum absolute atomic E-state index is 0.730. The average Bonchev–Trinajstić information content (AvgIpc) is 3.09. The van der Waals surface area contributed by atoms with E-state index in [4.69, 9.17) is 11.6 Å². The molecule has 0 fully saturated rings. The fourth-order valence-electron chi connectivity index (χ4n) is 5.80. The van der Waals surface area contributed by atoms with Gasteiger partial charge < -0.3 is 0 Å². The monoisotopic (exact) mass is 568 g/mol. The van der Waals surface area contributed by atoms with Gasteiger partial charge in [-0.05, 0) is 104 Å². The first kappa shape index (κ1) is 26.7. The van der Waals surface area contributed by atoms with E-state index in [0.717, 1.165) is 38.4 Å². The predicted molar refractivity (Wildman–Crippen MR) is 184 cm³/mol. The number of halogens is 1. The Morgan fingerprint density at radius 2 is 0.581 bits per heavy atom. The molecule has 0 heterocycles. The maximum absolute atomic E-state index is 7.12. The van der Waals surface area contributed by atoms with E-state index >= 15 is 0 Å². The SMILES string of the molecule is Clc1cccc(-c2cc(-c3ccccc3)cc(-c3ccccc3)c2)c1-c1cc(-c2ccccc2)cc(-c2ccccc2)c1. The topological polar surface area (TPSA) is 0 Å². The van der Waals surface area contributed by atoms with Crippen LogP contribution >= 0.6 is 11.6 Å². The molecule has 0 amide bonds. The van der Waals surface area contributed by atoms with Crippen molar-refractivity contribution in [1.82, 2.24) is 0 Å². The number of hydrogen-bond donors (Lipinski definition) is 0. The normalized spacial score (nSPS) is 10.9. The smallest absolute Gasteiger partial charge is 0.0490 e. The molecule has 7 aromatic rings. The molecule has 0 N–H and O–H groups in total. The molecular formula is C42H29Cl. The van der Waals surface area contributed by atoms with Gasteiger partial charge in [0.15, 0.2) is 0 Å². The maximum atomic E-state index is 7.12. The molecule has 0 saturated heterocycles. The third-order valence-corrected chi connectivity index (χ3v) is 8.22. The highest BCUT2D eigenvalue weighted by atomic mass is 35.5. The molecule has 43 heavy (non-hydrogen) atoms. The van der Waals surface area contributed by atoms with Crippen molar-refractivity contribution < 1.29 is 0 Å². The summed E-state index contributed by atoms with van der Waals surface area (Å²) in [7, 11) is 0. The molecule has 0 radical (unpaired) electrons. The van der Waals surface area contributed by atoms with Crippen molar-refractivity contribution in [1.29, 1.82) is 0 Å². The Morgan fingerprint density at radius 1 is 0.256 bits per heavy atom. The zero-order chi connectivity index (χ0) is 29.0. The van der Waals surface area contributed by atoms with Crippen LogP contribution in [0.4, 0.5) is 0 Å². The summed E-state index contributed by atoms with van der Waals surface area (Å²) < 4.78 is 0. The Morgan fingerprint density at radius 3 is 0.953 bits per heavy atom. The van der Waals surface area contributed by atoms with Crippen molar-refractivity contribution >= 4 is 11.6 Å². The van der Waals surface area contributed by atoms with Crippen molar-refractivity contribution in [2.24, 2.45) is 0 Å². The molecule has 7 rings (SSSR count). The summed E-state index contributed by atoms with van der Waals surface area (Å²) in [5.41, 5.74) is 13.7. The van der Waals surface area contributed by atoms with Gasteiger partial charge in [0.25, 0.3) is 0 Å². The van der Waals surface area contributed by atoms with Crippen LogP contribution in [0.1, 0.15) is 0 Å². The lowest BCUT2D eigenvalue weighted by atomic mass is 9.87. The van der Waals surface area contributed by atoms with Gasteiger partial charge in [0.2, 0.25) is 0 Å². The van der Waals surface area contributed by atoms with E-state index < -0.39 is 0 Å². The van der Waals surface area contributed by atoms with E-state index in [1.165, 1.54) is 33.4 Å². The fourth-order valence-corrected chi connectivity index (χ4v) is 6.09. The summed E-state index contributed by atoms with van der Waals surface area (Å²) in [5, 5.41) is 0.730. The zero-order valence-electron chi connectivity index (χ0n) is 23.6. The van der Waals surface area contributed by atoms with E-state index in [9.17, 15) is 0 Å². The van der Waals surface area contributed by atoms with Gasteiger partial charge in [-0.25, -0.2) is 0 Å². The first-order valence-electron chi connectivity index (χ1n) is 14.5. The van der Waals surface area contributed by atoms with Gasteiger partial charge in [0.1, 0.15) is 0 Å². The molecular weight excluding hydrogens is 540 g/mol. The van der Waals surface area contributed by atoms with Crippen LogP contribution < -0.4 is 0 Å². The van der Waals surface area contributed by atoms with E-state index in [2.05, 4.69) is 170 Å². The van der Waals surface area contributed by atoms with Gasteiger partial charge >= 0.3 is 0 Å². The quantitative estimate of drug-likeness (QED) is 0.187. The van der Waals surface area contributed by atoms with Gasteiger partial charge in [-0.3, -0.25) is 0 Å². The van der Waals surface area contributed by atoms with Gasteiger partial charge in [-0.1, -0.05) is 145 Å². The Bertz CT molecular complexity index is 1880. The molecule has 0 aliphatic carbocycles. The summed E-state index contributed by atoms with van der Waals surface area (Å²) in [6, 6.07) is 62.2. The van der Waals surface area contributed by atoms with Crippen LogP contribution in [-0.2, 0) is 0 Å². The van der Waals surface area contributed by atoms with Crippen LogP contribution in [0.2, 0.25) is 5.02 Å². The highest BCUT2D eigenvalue weighted by Gasteiger charge is 2.16. The lowest BCUT2D eigenvalue weighted by molar-refractivity contribution is 1.54. The molecule has 0 nitrogen and oxygen atoms in total. The molecule has 1 heteroatoms. The Balaban J connectivity index is 1.47. The van der Waals surface area contributed by atoms with Crippen LogP contribution in [0.25, 0.3) is 66.8 Å². The fraction of sp³-hybridized carbons (Fsp3) is 0.